The molecule has 3 rings (SSSR count). The Morgan fingerprint density at radius 3 is 2.90 bits per heavy atom. The summed E-state index contributed by atoms with van der Waals surface area (Å²) in [6.07, 6.45) is 8.10. The molecule has 2 heterocycles. The predicted molar refractivity (Wildman–Crippen MR) is 77.7 cm³/mol. The van der Waals surface area contributed by atoms with Gasteiger partial charge >= 0.3 is 0 Å². The Morgan fingerprint density at radius 2 is 2.20 bits per heavy atom. The Balaban J connectivity index is 1.72. The number of hydrogen-bond donors (Lipinski definition) is 0. The van der Waals surface area contributed by atoms with Crippen molar-refractivity contribution in [3.8, 4) is 11.7 Å². The second-order valence-electron chi connectivity index (χ2n) is 5.34. The van der Waals surface area contributed by atoms with E-state index in [9.17, 15) is 0 Å². The molecule has 0 bridgehead atoms. The number of hydrogen-bond acceptors (Lipinski definition) is 5. The summed E-state index contributed by atoms with van der Waals surface area (Å²) in [4.78, 5) is 2.70. The van der Waals surface area contributed by atoms with Gasteiger partial charge in [0.25, 0.3) is 10.7 Å². The van der Waals surface area contributed by atoms with Gasteiger partial charge in [-0.25, -0.2) is 4.68 Å². The molecule has 0 radical (unpaired) electrons. The highest BCUT2D eigenvalue weighted by atomic mass is 32.1. The molecule has 0 N–H and O–H groups in total. The van der Waals surface area contributed by atoms with Gasteiger partial charge in [-0.05, 0) is 44.2 Å². The van der Waals surface area contributed by atoms with E-state index in [-0.39, 0.29) is 0 Å². The minimum absolute atomic E-state index is 0.388. The summed E-state index contributed by atoms with van der Waals surface area (Å²) in [6, 6.07) is 4.24. The van der Waals surface area contributed by atoms with Crippen LogP contribution in [-0.2, 0) is 6.67 Å². The summed E-state index contributed by atoms with van der Waals surface area (Å²) in [5.41, 5.74) is 0. The van der Waals surface area contributed by atoms with E-state index in [4.69, 9.17) is 21.1 Å². The third kappa shape index (κ3) is 2.86. The van der Waals surface area contributed by atoms with Crippen LogP contribution in [0.3, 0.4) is 0 Å². The average molecular weight is 293 g/mol. The van der Waals surface area contributed by atoms with Crippen LogP contribution in [0, 0.1) is 4.84 Å². The lowest BCUT2D eigenvalue weighted by Crippen LogP contribution is -2.35. The molecule has 0 spiro atoms. The van der Waals surface area contributed by atoms with E-state index in [1.54, 1.807) is 17.0 Å². The molecule has 2 aromatic rings. The van der Waals surface area contributed by atoms with E-state index in [0.717, 1.165) is 0 Å². The van der Waals surface area contributed by atoms with Crippen LogP contribution < -0.4 is 0 Å². The van der Waals surface area contributed by atoms with Gasteiger partial charge in [0, 0.05) is 6.04 Å². The Labute approximate surface area is 123 Å². The molecule has 1 aliphatic carbocycles. The first-order chi connectivity index (χ1) is 9.74. The predicted octanol–water partition coefficient (Wildman–Crippen LogP) is 3.69. The van der Waals surface area contributed by atoms with Crippen LogP contribution in [0.5, 0.6) is 0 Å². The van der Waals surface area contributed by atoms with Gasteiger partial charge in [0.15, 0.2) is 5.76 Å². The molecule has 0 aromatic carbocycles. The van der Waals surface area contributed by atoms with Crippen molar-refractivity contribution >= 4 is 12.2 Å². The lowest BCUT2D eigenvalue weighted by molar-refractivity contribution is 0.144. The largest absolute Gasteiger partial charge is 0.459 e. The SMILES string of the molecule is CN(Cn1nc(-c2ccco2)oc1=S)C1CCCCC1. The fourth-order valence-corrected chi connectivity index (χ4v) is 2.92. The second kappa shape index (κ2) is 5.93. The number of nitrogens with zero attached hydrogens (tertiary/aromatic N) is 3. The molecule has 108 valence electrons. The summed E-state index contributed by atoms with van der Waals surface area (Å²) in [7, 11) is 2.12. The maximum absolute atomic E-state index is 5.49. The van der Waals surface area contributed by atoms with Crippen molar-refractivity contribution in [2.75, 3.05) is 7.05 Å². The highest BCUT2D eigenvalue weighted by Gasteiger charge is 2.19. The van der Waals surface area contributed by atoms with Crippen LogP contribution in [0.4, 0.5) is 0 Å². The van der Waals surface area contributed by atoms with E-state index < -0.39 is 0 Å². The zero-order chi connectivity index (χ0) is 13.9. The molecule has 1 aliphatic rings. The maximum atomic E-state index is 5.49. The third-order valence-electron chi connectivity index (χ3n) is 3.89. The van der Waals surface area contributed by atoms with E-state index in [1.165, 1.54) is 32.1 Å². The Bertz CT molecular complexity index is 596. The molecule has 20 heavy (non-hydrogen) atoms. The van der Waals surface area contributed by atoms with Gasteiger partial charge in [0.05, 0.1) is 12.9 Å². The second-order valence-corrected chi connectivity index (χ2v) is 5.69. The lowest BCUT2D eigenvalue weighted by Gasteiger charge is -2.30. The molecular weight excluding hydrogens is 274 g/mol. The molecule has 0 amide bonds. The van der Waals surface area contributed by atoms with Crippen LogP contribution in [0.2, 0.25) is 0 Å². The van der Waals surface area contributed by atoms with Crippen molar-refractivity contribution in [2.45, 2.75) is 44.8 Å². The molecule has 0 unspecified atom stereocenters. The maximum Gasteiger partial charge on any atom is 0.288 e. The van der Waals surface area contributed by atoms with Crippen molar-refractivity contribution in [1.29, 1.82) is 0 Å². The first-order valence-electron chi connectivity index (χ1n) is 7.06. The topological polar surface area (TPSA) is 47.3 Å². The fraction of sp³-hybridized carbons (Fsp3) is 0.571. The van der Waals surface area contributed by atoms with E-state index in [2.05, 4.69) is 17.0 Å². The Hall–Kier alpha value is -1.40. The standard InChI is InChI=1S/C14H19N3O2S/c1-16(11-6-3-2-4-7-11)10-17-14(20)19-13(15-17)12-8-5-9-18-12/h5,8-9,11H,2-4,6-7,10H2,1H3. The first-order valence-corrected chi connectivity index (χ1v) is 7.47. The van der Waals surface area contributed by atoms with Crippen molar-refractivity contribution in [3.63, 3.8) is 0 Å². The van der Waals surface area contributed by atoms with Crippen molar-refractivity contribution < 1.29 is 8.83 Å². The quantitative estimate of drug-likeness (QED) is 0.805. The molecular formula is C14H19N3O2S. The highest BCUT2D eigenvalue weighted by Crippen LogP contribution is 2.23. The summed E-state index contributed by atoms with van der Waals surface area (Å²) in [5.74, 6) is 1.05. The Morgan fingerprint density at radius 1 is 1.40 bits per heavy atom. The molecule has 6 heteroatoms. The van der Waals surface area contributed by atoms with Gasteiger partial charge in [-0.15, -0.1) is 5.10 Å². The Kier molecular flexibility index (Phi) is 4.03. The molecule has 1 saturated carbocycles. The van der Waals surface area contributed by atoms with Gasteiger partial charge in [0.1, 0.15) is 0 Å². The first kappa shape index (κ1) is 13.6. The zero-order valence-corrected chi connectivity index (χ0v) is 12.4. The molecule has 0 aliphatic heterocycles. The zero-order valence-electron chi connectivity index (χ0n) is 11.6. The highest BCUT2D eigenvalue weighted by molar-refractivity contribution is 7.71. The molecule has 0 saturated heterocycles. The lowest BCUT2D eigenvalue weighted by atomic mass is 9.95. The molecule has 0 atom stereocenters. The van der Waals surface area contributed by atoms with Crippen LogP contribution >= 0.6 is 12.2 Å². The minimum Gasteiger partial charge on any atom is -0.459 e. The number of furan rings is 1. The van der Waals surface area contributed by atoms with E-state index >= 15 is 0 Å². The summed E-state index contributed by atoms with van der Waals surface area (Å²) < 4.78 is 12.5. The van der Waals surface area contributed by atoms with E-state index in [1.807, 2.05) is 6.07 Å². The third-order valence-corrected chi connectivity index (χ3v) is 4.19. The molecule has 2 aromatic heterocycles. The summed E-state index contributed by atoms with van der Waals surface area (Å²) in [5, 5.41) is 4.40. The summed E-state index contributed by atoms with van der Waals surface area (Å²) in [6.45, 7) is 0.660. The summed E-state index contributed by atoms with van der Waals surface area (Å²) >= 11 is 5.23. The van der Waals surface area contributed by atoms with Crippen LogP contribution in [0.1, 0.15) is 32.1 Å². The normalized spacial score (nSPS) is 16.9. The van der Waals surface area contributed by atoms with Crippen LogP contribution in [0.25, 0.3) is 11.7 Å². The smallest absolute Gasteiger partial charge is 0.288 e. The van der Waals surface area contributed by atoms with Crippen molar-refractivity contribution in [3.05, 3.63) is 23.2 Å². The number of rotatable bonds is 4. The van der Waals surface area contributed by atoms with Crippen molar-refractivity contribution in [1.82, 2.24) is 14.7 Å². The monoisotopic (exact) mass is 293 g/mol. The van der Waals surface area contributed by atoms with Crippen LogP contribution in [0.15, 0.2) is 27.2 Å². The number of aromatic nitrogens is 2. The van der Waals surface area contributed by atoms with Gasteiger partial charge in [-0.3, -0.25) is 4.90 Å². The van der Waals surface area contributed by atoms with Crippen LogP contribution in [-0.4, -0.2) is 27.8 Å². The minimum atomic E-state index is 0.388. The van der Waals surface area contributed by atoms with Crippen molar-refractivity contribution in [2.24, 2.45) is 0 Å². The van der Waals surface area contributed by atoms with Gasteiger partial charge in [0.2, 0.25) is 0 Å². The van der Waals surface area contributed by atoms with Gasteiger partial charge < -0.3 is 8.83 Å². The average Bonchev–Trinajstić information content (AvgIpc) is 3.10. The van der Waals surface area contributed by atoms with Gasteiger partial charge in [-0.2, -0.15) is 0 Å². The molecule has 5 nitrogen and oxygen atoms in total. The molecule has 1 fully saturated rings. The fourth-order valence-electron chi connectivity index (χ4n) is 2.74. The van der Waals surface area contributed by atoms with Gasteiger partial charge in [-0.1, -0.05) is 19.3 Å². The van der Waals surface area contributed by atoms with E-state index in [0.29, 0.717) is 29.2 Å².